The fourth-order valence-corrected chi connectivity index (χ4v) is 4.02. The molecule has 1 N–H and O–H groups in total. The molecule has 0 bridgehead atoms. The van der Waals surface area contributed by atoms with Gasteiger partial charge in [-0.25, -0.2) is 0 Å². The van der Waals surface area contributed by atoms with Crippen molar-refractivity contribution in [3.05, 3.63) is 52.6 Å². The van der Waals surface area contributed by atoms with Gasteiger partial charge in [0.1, 0.15) is 19.0 Å². The Balaban J connectivity index is 1.82. The van der Waals surface area contributed by atoms with Crippen molar-refractivity contribution < 1.29 is 19.4 Å². The Hall–Kier alpha value is -1.73. The largest absolute Gasteiger partial charge is 0.488 e. The normalized spacial score (nSPS) is 18.2. The Morgan fingerprint density at radius 3 is 2.79 bits per heavy atom. The van der Waals surface area contributed by atoms with Crippen LogP contribution in [0.15, 0.2) is 30.3 Å². The highest BCUT2D eigenvalue weighted by atomic mass is 127. The van der Waals surface area contributed by atoms with E-state index in [1.807, 2.05) is 12.1 Å². The van der Waals surface area contributed by atoms with Crippen molar-refractivity contribution in [3.63, 3.8) is 0 Å². The van der Waals surface area contributed by atoms with E-state index in [0.29, 0.717) is 12.2 Å². The molecule has 1 aliphatic heterocycles. The van der Waals surface area contributed by atoms with Crippen LogP contribution in [0.5, 0.6) is 5.75 Å². The molecule has 1 heterocycles. The number of hydrogen-bond donors (Lipinski definition) is 1. The number of benzene rings is 2. The lowest BCUT2D eigenvalue weighted by Gasteiger charge is -2.26. The Bertz CT molecular complexity index is 872. The lowest BCUT2D eigenvalue weighted by atomic mass is 9.85. The first-order valence-corrected chi connectivity index (χ1v) is 9.08. The van der Waals surface area contributed by atoms with Gasteiger partial charge in [0.15, 0.2) is 11.6 Å². The average Bonchev–Trinajstić information content (AvgIpc) is 2.62. The number of rotatable bonds is 2. The summed E-state index contributed by atoms with van der Waals surface area (Å²) in [5, 5.41) is 9.02. The topological polar surface area (TPSA) is 63.6 Å². The molecule has 24 heavy (non-hydrogen) atoms. The second-order valence-corrected chi connectivity index (χ2v) is 7.62. The van der Waals surface area contributed by atoms with Gasteiger partial charge in [-0.3, -0.25) is 9.59 Å². The number of carbonyl (C=O) groups excluding carboxylic acids is 2. The van der Waals surface area contributed by atoms with Crippen LogP contribution >= 0.6 is 22.6 Å². The number of halogens is 1. The Morgan fingerprint density at radius 2 is 2.00 bits per heavy atom. The van der Waals surface area contributed by atoms with Crippen LogP contribution in [0.2, 0.25) is 0 Å². The molecule has 0 fully saturated rings. The van der Waals surface area contributed by atoms with Crippen LogP contribution in [0.1, 0.15) is 38.3 Å². The SMILES string of the molecule is O=C(CO)c1ccc2c(c1)COc1cc3c(cc1-2)CCC(I)C3=O. The summed E-state index contributed by atoms with van der Waals surface area (Å²) in [4.78, 5) is 24.1. The van der Waals surface area contributed by atoms with E-state index in [1.54, 1.807) is 12.1 Å². The molecule has 0 amide bonds. The predicted molar refractivity (Wildman–Crippen MR) is 98.1 cm³/mol. The van der Waals surface area contributed by atoms with Crippen LogP contribution in [-0.2, 0) is 13.0 Å². The number of hydrogen-bond acceptors (Lipinski definition) is 4. The second-order valence-electron chi connectivity index (χ2n) is 6.12. The molecule has 4 nitrogen and oxygen atoms in total. The van der Waals surface area contributed by atoms with E-state index in [2.05, 4.69) is 28.7 Å². The summed E-state index contributed by atoms with van der Waals surface area (Å²) in [5.74, 6) is 0.604. The molecule has 0 spiro atoms. The third kappa shape index (κ3) is 2.46. The van der Waals surface area contributed by atoms with Crippen LogP contribution < -0.4 is 4.74 Å². The Labute approximate surface area is 153 Å². The number of aryl methyl sites for hydroxylation is 1. The molecule has 5 heteroatoms. The van der Waals surface area contributed by atoms with E-state index in [0.717, 1.165) is 46.4 Å². The summed E-state index contributed by atoms with van der Waals surface area (Å²) in [7, 11) is 0. The summed E-state index contributed by atoms with van der Waals surface area (Å²) >= 11 is 2.21. The van der Waals surface area contributed by atoms with Gasteiger partial charge in [-0.1, -0.05) is 34.7 Å². The molecule has 0 radical (unpaired) electrons. The van der Waals surface area contributed by atoms with E-state index in [4.69, 9.17) is 9.84 Å². The summed E-state index contributed by atoms with van der Waals surface area (Å²) in [6.45, 7) is -0.140. The van der Waals surface area contributed by atoms with Crippen LogP contribution in [0.4, 0.5) is 0 Å². The summed E-state index contributed by atoms with van der Waals surface area (Å²) in [6, 6.07) is 9.34. The molecule has 1 aliphatic carbocycles. The van der Waals surface area contributed by atoms with Gasteiger partial charge in [0.2, 0.25) is 0 Å². The number of ketones is 2. The first-order valence-electron chi connectivity index (χ1n) is 7.84. The van der Waals surface area contributed by atoms with Gasteiger partial charge in [-0.2, -0.15) is 0 Å². The van der Waals surface area contributed by atoms with Crippen LogP contribution in [0.3, 0.4) is 0 Å². The molecule has 2 aromatic rings. The van der Waals surface area contributed by atoms with Crippen LogP contribution in [-0.4, -0.2) is 27.2 Å². The quantitative estimate of drug-likeness (QED) is 0.448. The smallest absolute Gasteiger partial charge is 0.188 e. The number of fused-ring (bicyclic) bond motifs is 4. The maximum atomic E-state index is 12.4. The summed E-state index contributed by atoms with van der Waals surface area (Å²) in [5.41, 5.74) is 5.25. The van der Waals surface area contributed by atoms with Gasteiger partial charge >= 0.3 is 0 Å². The Morgan fingerprint density at radius 1 is 1.17 bits per heavy atom. The molecule has 0 saturated heterocycles. The fourth-order valence-electron chi connectivity index (χ4n) is 3.37. The minimum absolute atomic E-state index is 0.0380. The zero-order chi connectivity index (χ0) is 16.8. The van der Waals surface area contributed by atoms with E-state index >= 15 is 0 Å². The molecular formula is C19H15IO4. The van der Waals surface area contributed by atoms with Crippen LogP contribution in [0, 0.1) is 0 Å². The van der Waals surface area contributed by atoms with E-state index in [-0.39, 0.29) is 15.5 Å². The minimum atomic E-state index is -0.497. The number of carbonyl (C=O) groups is 2. The average molecular weight is 434 g/mol. The maximum Gasteiger partial charge on any atom is 0.188 e. The predicted octanol–water partition coefficient (Wildman–Crippen LogP) is 3.35. The minimum Gasteiger partial charge on any atom is -0.488 e. The zero-order valence-corrected chi connectivity index (χ0v) is 15.0. The van der Waals surface area contributed by atoms with E-state index < -0.39 is 6.61 Å². The van der Waals surface area contributed by atoms with Crippen molar-refractivity contribution in [2.75, 3.05) is 6.61 Å². The molecule has 2 aromatic carbocycles. The van der Waals surface area contributed by atoms with E-state index in [1.165, 1.54) is 0 Å². The number of alkyl halides is 1. The number of aliphatic hydroxyl groups is 1. The third-order valence-corrected chi connectivity index (χ3v) is 5.86. The van der Waals surface area contributed by atoms with Crippen molar-refractivity contribution in [1.29, 1.82) is 0 Å². The van der Waals surface area contributed by atoms with Crippen molar-refractivity contribution in [3.8, 4) is 16.9 Å². The summed E-state index contributed by atoms with van der Waals surface area (Å²) in [6.07, 6.45) is 1.75. The summed E-state index contributed by atoms with van der Waals surface area (Å²) < 4.78 is 5.88. The second kappa shape index (κ2) is 5.97. The maximum absolute atomic E-state index is 12.4. The number of ether oxygens (including phenoxy) is 1. The van der Waals surface area contributed by atoms with Crippen molar-refractivity contribution in [1.82, 2.24) is 0 Å². The van der Waals surface area contributed by atoms with Crippen molar-refractivity contribution in [2.45, 2.75) is 23.4 Å². The number of aliphatic hydroxyl groups excluding tert-OH is 1. The highest BCUT2D eigenvalue weighted by Gasteiger charge is 2.28. The fraction of sp³-hybridized carbons (Fsp3) is 0.263. The zero-order valence-electron chi connectivity index (χ0n) is 12.8. The lowest BCUT2D eigenvalue weighted by Crippen LogP contribution is -2.23. The monoisotopic (exact) mass is 434 g/mol. The molecular weight excluding hydrogens is 419 g/mol. The number of Topliss-reactive ketones (excluding diaryl/α,β-unsaturated/α-hetero) is 2. The highest BCUT2D eigenvalue weighted by molar-refractivity contribution is 14.1. The first kappa shape index (κ1) is 15.8. The van der Waals surface area contributed by atoms with Gasteiger partial charge in [0.05, 0.1) is 3.92 Å². The molecule has 122 valence electrons. The highest BCUT2D eigenvalue weighted by Crippen LogP contribution is 2.41. The third-order valence-electron chi connectivity index (χ3n) is 4.67. The van der Waals surface area contributed by atoms with Gasteiger partial charge in [0, 0.05) is 16.7 Å². The standard InChI is InChI=1S/C19H15IO4/c20-16-4-2-10-6-15-13-3-1-11(17(22)8-21)5-12(13)9-24-18(15)7-14(10)19(16)23/h1,3,5-7,16,21H,2,4,8-9H2. The molecule has 4 rings (SSSR count). The first-order chi connectivity index (χ1) is 11.6. The van der Waals surface area contributed by atoms with Crippen molar-refractivity contribution in [2.24, 2.45) is 0 Å². The Kier molecular flexibility index (Phi) is 3.92. The molecule has 0 saturated carbocycles. The molecule has 1 atom stereocenters. The van der Waals surface area contributed by atoms with Gasteiger partial charge in [0.25, 0.3) is 0 Å². The molecule has 1 unspecified atom stereocenters. The lowest BCUT2D eigenvalue weighted by molar-refractivity contribution is 0.0903. The molecule has 2 aliphatic rings. The van der Waals surface area contributed by atoms with Crippen molar-refractivity contribution >= 4 is 34.2 Å². The van der Waals surface area contributed by atoms with Gasteiger partial charge < -0.3 is 9.84 Å². The van der Waals surface area contributed by atoms with E-state index in [9.17, 15) is 9.59 Å². The van der Waals surface area contributed by atoms with Crippen LogP contribution in [0.25, 0.3) is 11.1 Å². The van der Waals surface area contributed by atoms with Gasteiger partial charge in [-0.15, -0.1) is 0 Å². The molecule has 0 aromatic heterocycles. The van der Waals surface area contributed by atoms with Gasteiger partial charge in [-0.05, 0) is 47.7 Å².